The van der Waals surface area contributed by atoms with E-state index in [2.05, 4.69) is 21.6 Å². The summed E-state index contributed by atoms with van der Waals surface area (Å²) in [6.45, 7) is 4.04. The molecule has 0 bridgehead atoms. The summed E-state index contributed by atoms with van der Waals surface area (Å²) in [6, 6.07) is 15.8. The third-order valence-corrected chi connectivity index (χ3v) is 4.56. The Morgan fingerprint density at radius 2 is 1.92 bits per heavy atom. The summed E-state index contributed by atoms with van der Waals surface area (Å²) < 4.78 is 5.41. The van der Waals surface area contributed by atoms with Gasteiger partial charge in [0, 0.05) is 24.7 Å². The summed E-state index contributed by atoms with van der Waals surface area (Å²) in [6.07, 6.45) is 0.761. The minimum absolute atomic E-state index is 0.0243. The molecule has 26 heavy (non-hydrogen) atoms. The number of benzene rings is 2. The van der Waals surface area contributed by atoms with Crippen molar-refractivity contribution >= 4 is 28.9 Å². The Labute approximate surface area is 159 Å². The second-order valence-corrected chi connectivity index (χ2v) is 6.64. The molecule has 2 N–H and O–H groups in total. The van der Waals surface area contributed by atoms with Crippen LogP contribution in [0.25, 0.3) is 0 Å². The van der Waals surface area contributed by atoms with Crippen LogP contribution in [-0.2, 0) is 16.0 Å². The molecule has 0 unspecified atom stereocenters. The lowest BCUT2D eigenvalue weighted by Crippen LogP contribution is -2.37. The molecule has 0 saturated carbocycles. The normalized spacial score (nSPS) is 14.1. The summed E-state index contributed by atoms with van der Waals surface area (Å²) in [5, 5.41) is 6.91. The number of rotatable bonds is 7. The Morgan fingerprint density at radius 1 is 1.12 bits per heavy atom. The molecule has 1 amide bonds. The quantitative estimate of drug-likeness (QED) is 0.783. The van der Waals surface area contributed by atoms with E-state index in [0.29, 0.717) is 6.54 Å². The summed E-state index contributed by atoms with van der Waals surface area (Å²) in [7, 11) is 0. The van der Waals surface area contributed by atoms with Gasteiger partial charge >= 0.3 is 0 Å². The molecule has 1 fully saturated rings. The first-order chi connectivity index (χ1) is 12.7. The van der Waals surface area contributed by atoms with Crippen molar-refractivity contribution in [3.05, 3.63) is 59.1 Å². The van der Waals surface area contributed by atoms with Gasteiger partial charge in [0.15, 0.2) is 0 Å². The maximum absolute atomic E-state index is 12.1. The van der Waals surface area contributed by atoms with Gasteiger partial charge in [-0.3, -0.25) is 4.79 Å². The van der Waals surface area contributed by atoms with Crippen molar-refractivity contribution in [3.63, 3.8) is 0 Å². The number of carbonyl (C=O) groups is 1. The number of para-hydroxylation sites is 2. The standard InChI is InChI=1S/C20H24ClN3O2/c21-17-5-3-4-16(14-17)8-9-22-20(25)15-23-18-6-1-2-7-19(18)24-10-12-26-13-11-24/h1-7,14,23H,8-13,15H2,(H,22,25). The number of ether oxygens (including phenoxy) is 1. The number of nitrogens with zero attached hydrogens (tertiary/aromatic N) is 1. The van der Waals surface area contributed by atoms with Crippen molar-refractivity contribution < 1.29 is 9.53 Å². The monoisotopic (exact) mass is 373 g/mol. The number of morpholine rings is 1. The molecule has 1 saturated heterocycles. The number of nitrogens with one attached hydrogen (secondary N) is 2. The van der Waals surface area contributed by atoms with Crippen LogP contribution in [0.2, 0.25) is 5.02 Å². The Kier molecular flexibility index (Phi) is 6.75. The smallest absolute Gasteiger partial charge is 0.239 e. The molecular formula is C20H24ClN3O2. The molecule has 6 heteroatoms. The number of halogens is 1. The summed E-state index contributed by atoms with van der Waals surface area (Å²) in [5.74, 6) is -0.0243. The fourth-order valence-electron chi connectivity index (χ4n) is 2.98. The molecular weight excluding hydrogens is 350 g/mol. The van der Waals surface area contributed by atoms with E-state index < -0.39 is 0 Å². The minimum atomic E-state index is -0.0243. The summed E-state index contributed by atoms with van der Waals surface area (Å²) in [4.78, 5) is 14.4. The highest BCUT2D eigenvalue weighted by molar-refractivity contribution is 6.30. The topological polar surface area (TPSA) is 53.6 Å². The van der Waals surface area contributed by atoms with Gasteiger partial charge in [-0.1, -0.05) is 35.9 Å². The Balaban J connectivity index is 1.47. The average Bonchev–Trinajstić information content (AvgIpc) is 2.67. The third kappa shape index (κ3) is 5.38. The van der Waals surface area contributed by atoms with E-state index in [-0.39, 0.29) is 12.5 Å². The number of anilines is 2. The Bertz CT molecular complexity index is 733. The van der Waals surface area contributed by atoms with Crippen LogP contribution < -0.4 is 15.5 Å². The van der Waals surface area contributed by atoms with E-state index in [1.807, 2.05) is 42.5 Å². The lowest BCUT2D eigenvalue weighted by Gasteiger charge is -2.30. The highest BCUT2D eigenvalue weighted by atomic mass is 35.5. The highest BCUT2D eigenvalue weighted by Gasteiger charge is 2.14. The zero-order valence-electron chi connectivity index (χ0n) is 14.7. The van der Waals surface area contributed by atoms with E-state index in [4.69, 9.17) is 16.3 Å². The van der Waals surface area contributed by atoms with Crippen molar-refractivity contribution in [2.45, 2.75) is 6.42 Å². The van der Waals surface area contributed by atoms with Gasteiger partial charge in [-0.15, -0.1) is 0 Å². The number of carbonyl (C=O) groups excluding carboxylic acids is 1. The van der Waals surface area contributed by atoms with E-state index in [1.54, 1.807) is 0 Å². The first-order valence-corrected chi connectivity index (χ1v) is 9.27. The second-order valence-electron chi connectivity index (χ2n) is 6.20. The number of hydrogen-bond acceptors (Lipinski definition) is 4. The van der Waals surface area contributed by atoms with Gasteiger partial charge < -0.3 is 20.3 Å². The van der Waals surface area contributed by atoms with Crippen LogP contribution in [0.5, 0.6) is 0 Å². The maximum Gasteiger partial charge on any atom is 0.239 e. The van der Waals surface area contributed by atoms with Crippen LogP contribution in [-0.4, -0.2) is 45.3 Å². The van der Waals surface area contributed by atoms with Crippen molar-refractivity contribution in [2.75, 3.05) is 49.6 Å². The van der Waals surface area contributed by atoms with Gasteiger partial charge in [0.1, 0.15) is 0 Å². The molecule has 0 aliphatic carbocycles. The largest absolute Gasteiger partial charge is 0.378 e. The van der Waals surface area contributed by atoms with E-state index in [9.17, 15) is 4.79 Å². The molecule has 1 aliphatic heterocycles. The lowest BCUT2D eigenvalue weighted by molar-refractivity contribution is -0.119. The molecule has 1 aliphatic rings. The van der Waals surface area contributed by atoms with Crippen LogP contribution in [0, 0.1) is 0 Å². The predicted molar refractivity (Wildman–Crippen MR) is 106 cm³/mol. The zero-order chi connectivity index (χ0) is 18.2. The van der Waals surface area contributed by atoms with Gasteiger partial charge in [0.05, 0.1) is 31.1 Å². The van der Waals surface area contributed by atoms with Crippen molar-refractivity contribution in [1.29, 1.82) is 0 Å². The van der Waals surface area contributed by atoms with Gasteiger partial charge in [0.25, 0.3) is 0 Å². The van der Waals surface area contributed by atoms with Gasteiger partial charge in [-0.25, -0.2) is 0 Å². The van der Waals surface area contributed by atoms with Crippen molar-refractivity contribution in [3.8, 4) is 0 Å². The fraction of sp³-hybridized carbons (Fsp3) is 0.350. The SMILES string of the molecule is O=C(CNc1ccccc1N1CCOCC1)NCCc1cccc(Cl)c1. The molecule has 0 atom stereocenters. The zero-order valence-corrected chi connectivity index (χ0v) is 15.5. The maximum atomic E-state index is 12.1. The number of amides is 1. The van der Waals surface area contributed by atoms with Crippen LogP contribution in [0.4, 0.5) is 11.4 Å². The van der Waals surface area contributed by atoms with Crippen LogP contribution >= 0.6 is 11.6 Å². The molecule has 0 aromatic heterocycles. The molecule has 5 nitrogen and oxygen atoms in total. The lowest BCUT2D eigenvalue weighted by atomic mass is 10.1. The fourth-order valence-corrected chi connectivity index (χ4v) is 3.19. The molecule has 3 rings (SSSR count). The molecule has 2 aromatic rings. The van der Waals surface area contributed by atoms with Crippen LogP contribution in [0.3, 0.4) is 0 Å². The first kappa shape index (κ1) is 18.5. The first-order valence-electron chi connectivity index (χ1n) is 8.89. The Hall–Kier alpha value is -2.24. The van der Waals surface area contributed by atoms with E-state index >= 15 is 0 Å². The predicted octanol–water partition coefficient (Wildman–Crippen LogP) is 2.95. The summed E-state index contributed by atoms with van der Waals surface area (Å²) in [5.41, 5.74) is 3.20. The molecule has 0 spiro atoms. The van der Waals surface area contributed by atoms with Crippen molar-refractivity contribution in [2.24, 2.45) is 0 Å². The Morgan fingerprint density at radius 3 is 2.73 bits per heavy atom. The average molecular weight is 374 g/mol. The molecule has 2 aromatic carbocycles. The number of hydrogen-bond donors (Lipinski definition) is 2. The molecule has 138 valence electrons. The van der Waals surface area contributed by atoms with Crippen molar-refractivity contribution in [1.82, 2.24) is 5.32 Å². The van der Waals surface area contributed by atoms with Gasteiger partial charge in [-0.2, -0.15) is 0 Å². The summed E-state index contributed by atoms with van der Waals surface area (Å²) >= 11 is 5.97. The van der Waals surface area contributed by atoms with Gasteiger partial charge in [-0.05, 0) is 36.2 Å². The van der Waals surface area contributed by atoms with Crippen LogP contribution in [0.1, 0.15) is 5.56 Å². The molecule has 0 radical (unpaired) electrons. The molecule has 1 heterocycles. The van der Waals surface area contributed by atoms with Gasteiger partial charge in [0.2, 0.25) is 5.91 Å². The minimum Gasteiger partial charge on any atom is -0.378 e. The van der Waals surface area contributed by atoms with E-state index in [0.717, 1.165) is 54.7 Å². The third-order valence-electron chi connectivity index (χ3n) is 4.32. The second kappa shape index (κ2) is 9.46. The highest BCUT2D eigenvalue weighted by Crippen LogP contribution is 2.26. The van der Waals surface area contributed by atoms with E-state index in [1.165, 1.54) is 0 Å². The van der Waals surface area contributed by atoms with Crippen LogP contribution in [0.15, 0.2) is 48.5 Å².